The van der Waals surface area contributed by atoms with Crippen molar-refractivity contribution in [1.82, 2.24) is 0 Å². The van der Waals surface area contributed by atoms with Crippen LogP contribution in [0.1, 0.15) is 22.8 Å². The molecule has 130 valence electrons. The van der Waals surface area contributed by atoms with Gasteiger partial charge in [0.1, 0.15) is 17.1 Å². The zero-order valence-electron chi connectivity index (χ0n) is 13.3. The highest BCUT2D eigenvalue weighted by Gasteiger charge is 2.39. The molecule has 1 aromatic carbocycles. The lowest BCUT2D eigenvalue weighted by Gasteiger charge is -2.27. The van der Waals surface area contributed by atoms with Crippen LogP contribution in [-0.4, -0.2) is 13.1 Å². The predicted molar refractivity (Wildman–Crippen MR) is 91.9 cm³/mol. The van der Waals surface area contributed by atoms with Crippen molar-refractivity contribution >= 4 is 29.2 Å². The lowest BCUT2D eigenvalue weighted by atomic mass is 9.83. The van der Waals surface area contributed by atoms with Gasteiger partial charge in [0.25, 0.3) is 0 Å². The topological polar surface area (TPSA) is 91.8 Å². The lowest BCUT2D eigenvalue weighted by Crippen LogP contribution is -2.30. The molecule has 0 aliphatic carbocycles. The number of methoxy groups -OCH3 is 1. The van der Waals surface area contributed by atoms with Crippen LogP contribution < -0.4 is 16.1 Å². The summed E-state index contributed by atoms with van der Waals surface area (Å²) in [6, 6.07) is 6.41. The molecule has 1 atom stereocenters. The molecule has 3 rings (SSSR count). The molecule has 0 spiro atoms. The van der Waals surface area contributed by atoms with Crippen molar-refractivity contribution in [2.24, 2.45) is 5.73 Å². The van der Waals surface area contributed by atoms with Crippen molar-refractivity contribution < 1.29 is 18.7 Å². The summed E-state index contributed by atoms with van der Waals surface area (Å²) in [5.41, 5.74) is 5.74. The number of benzene rings is 1. The Labute approximate surface area is 152 Å². The van der Waals surface area contributed by atoms with Gasteiger partial charge in [0.2, 0.25) is 5.88 Å². The molecule has 25 heavy (non-hydrogen) atoms. The third kappa shape index (κ3) is 2.88. The second kappa shape index (κ2) is 6.46. The maximum Gasteiger partial charge on any atom is 0.343 e. The number of hydrogen-bond donors (Lipinski definition) is 1. The first-order valence-corrected chi connectivity index (χ1v) is 7.95. The monoisotopic (exact) mass is 381 g/mol. The summed E-state index contributed by atoms with van der Waals surface area (Å²) in [5, 5.41) is 0.461. The fourth-order valence-corrected chi connectivity index (χ4v) is 3.20. The van der Waals surface area contributed by atoms with Crippen molar-refractivity contribution in [3.8, 4) is 5.75 Å². The highest BCUT2D eigenvalue weighted by Crippen LogP contribution is 2.44. The van der Waals surface area contributed by atoms with Crippen LogP contribution in [0.15, 0.2) is 44.9 Å². The highest BCUT2D eigenvalue weighted by molar-refractivity contribution is 6.42. The van der Waals surface area contributed by atoms with Gasteiger partial charge in [0.05, 0.1) is 28.6 Å². The van der Waals surface area contributed by atoms with E-state index in [1.54, 1.807) is 25.1 Å². The van der Waals surface area contributed by atoms with Gasteiger partial charge in [-0.25, -0.2) is 9.59 Å². The minimum absolute atomic E-state index is 0.0460. The molecule has 0 amide bonds. The zero-order chi connectivity index (χ0) is 18.3. The quantitative estimate of drug-likeness (QED) is 0.803. The number of hydrogen-bond acceptors (Lipinski definition) is 6. The Morgan fingerprint density at radius 3 is 2.72 bits per heavy atom. The number of esters is 1. The molecule has 1 aliphatic rings. The Morgan fingerprint density at radius 1 is 1.32 bits per heavy atom. The average Bonchev–Trinajstić information content (AvgIpc) is 2.55. The van der Waals surface area contributed by atoms with Gasteiger partial charge in [-0.05, 0) is 18.6 Å². The Kier molecular flexibility index (Phi) is 4.49. The highest BCUT2D eigenvalue weighted by atomic mass is 35.5. The van der Waals surface area contributed by atoms with Crippen LogP contribution >= 0.6 is 23.2 Å². The molecular weight excluding hydrogens is 369 g/mol. The molecule has 0 fully saturated rings. The van der Waals surface area contributed by atoms with E-state index in [9.17, 15) is 9.59 Å². The molecule has 0 saturated carbocycles. The number of carbonyl (C=O) groups excluding carboxylic acids is 1. The number of rotatable bonds is 2. The van der Waals surface area contributed by atoms with Gasteiger partial charge in [0.15, 0.2) is 0 Å². The summed E-state index contributed by atoms with van der Waals surface area (Å²) in [6.45, 7) is 1.60. The normalized spacial score (nSPS) is 16.2. The summed E-state index contributed by atoms with van der Waals surface area (Å²) in [4.78, 5) is 24.8. The number of nitrogens with two attached hydrogens (primary N) is 1. The summed E-state index contributed by atoms with van der Waals surface area (Å²) >= 11 is 12.4. The van der Waals surface area contributed by atoms with Crippen molar-refractivity contribution in [3.63, 3.8) is 0 Å². The third-order valence-electron chi connectivity index (χ3n) is 3.83. The average molecular weight is 382 g/mol. The molecule has 6 nitrogen and oxygen atoms in total. The maximum atomic E-state index is 12.5. The molecule has 1 aliphatic heterocycles. The van der Waals surface area contributed by atoms with Crippen LogP contribution in [0.4, 0.5) is 0 Å². The molecular formula is C17H13Cl2NO5. The minimum atomic E-state index is -0.931. The van der Waals surface area contributed by atoms with Crippen LogP contribution in [0.3, 0.4) is 0 Å². The summed E-state index contributed by atoms with van der Waals surface area (Å²) in [5.74, 6) is -1.32. The van der Waals surface area contributed by atoms with E-state index in [0.29, 0.717) is 11.3 Å². The van der Waals surface area contributed by atoms with Crippen molar-refractivity contribution in [2.45, 2.75) is 12.8 Å². The van der Waals surface area contributed by atoms with Crippen LogP contribution in [0.5, 0.6) is 5.75 Å². The standard InChI is InChI=1S/C17H13Cl2NO5/c1-7-6-10-12(17(22)24-7)11(8-4-3-5-9(18)14(8)19)13(15(20)25-10)16(21)23-2/h3-6,11H,20H2,1-2H3/t11-/m0/s1. The van der Waals surface area contributed by atoms with E-state index in [1.807, 2.05) is 0 Å². The van der Waals surface area contributed by atoms with Crippen LogP contribution in [0.25, 0.3) is 0 Å². The van der Waals surface area contributed by atoms with Crippen molar-refractivity contribution in [2.75, 3.05) is 7.11 Å². The van der Waals surface area contributed by atoms with Crippen molar-refractivity contribution in [1.29, 1.82) is 0 Å². The van der Waals surface area contributed by atoms with E-state index in [0.717, 1.165) is 0 Å². The first-order valence-electron chi connectivity index (χ1n) is 7.19. The van der Waals surface area contributed by atoms with Crippen LogP contribution in [-0.2, 0) is 9.53 Å². The second-order valence-corrected chi connectivity index (χ2v) is 6.16. The van der Waals surface area contributed by atoms with E-state index >= 15 is 0 Å². The fraction of sp³-hybridized carbons (Fsp3) is 0.176. The Balaban J connectivity index is 2.37. The van der Waals surface area contributed by atoms with Gasteiger partial charge in [-0.15, -0.1) is 0 Å². The van der Waals surface area contributed by atoms with Gasteiger partial charge < -0.3 is 19.6 Å². The van der Waals surface area contributed by atoms with E-state index in [1.165, 1.54) is 13.2 Å². The number of aryl methyl sites for hydroxylation is 1. The van der Waals surface area contributed by atoms with Crippen LogP contribution in [0, 0.1) is 6.92 Å². The summed E-state index contributed by atoms with van der Waals surface area (Å²) in [6.07, 6.45) is 0. The molecule has 0 unspecified atom stereocenters. The SMILES string of the molecule is COC(=O)C1=C(N)Oc2cc(C)oc(=O)c2[C@@H]1c1cccc(Cl)c1Cl. The summed E-state index contributed by atoms with van der Waals surface area (Å²) < 4.78 is 15.4. The first kappa shape index (κ1) is 17.4. The maximum absolute atomic E-state index is 12.5. The molecule has 0 radical (unpaired) electrons. The number of carbonyl (C=O) groups is 1. The molecule has 2 aromatic rings. The van der Waals surface area contributed by atoms with Crippen LogP contribution in [0.2, 0.25) is 10.0 Å². The first-order chi connectivity index (χ1) is 11.8. The number of fused-ring (bicyclic) bond motifs is 1. The molecule has 0 bridgehead atoms. The van der Waals surface area contributed by atoms with E-state index in [4.69, 9.17) is 42.8 Å². The smallest absolute Gasteiger partial charge is 0.343 e. The van der Waals surface area contributed by atoms with E-state index in [-0.39, 0.29) is 32.8 Å². The Bertz CT molecular complexity index is 964. The lowest BCUT2D eigenvalue weighted by molar-refractivity contribution is -0.136. The van der Waals surface area contributed by atoms with Gasteiger partial charge in [0, 0.05) is 6.07 Å². The molecule has 0 saturated heterocycles. The van der Waals surface area contributed by atoms with Gasteiger partial charge in [-0.3, -0.25) is 0 Å². The van der Waals surface area contributed by atoms with Gasteiger partial charge in [-0.1, -0.05) is 35.3 Å². The van der Waals surface area contributed by atoms with Crippen molar-refractivity contribution in [3.05, 3.63) is 73.1 Å². The second-order valence-electron chi connectivity index (χ2n) is 5.37. The van der Waals surface area contributed by atoms with Gasteiger partial charge in [-0.2, -0.15) is 0 Å². The zero-order valence-corrected chi connectivity index (χ0v) is 14.8. The number of ether oxygens (including phenoxy) is 2. The largest absolute Gasteiger partial charge is 0.465 e. The molecule has 2 heterocycles. The van der Waals surface area contributed by atoms with E-state index < -0.39 is 17.5 Å². The third-order valence-corrected chi connectivity index (χ3v) is 4.67. The molecule has 2 N–H and O–H groups in total. The molecule has 1 aromatic heterocycles. The predicted octanol–water partition coefficient (Wildman–Crippen LogP) is 3.12. The Hall–Kier alpha value is -2.44. The van der Waals surface area contributed by atoms with Gasteiger partial charge >= 0.3 is 11.6 Å². The Morgan fingerprint density at radius 2 is 2.04 bits per heavy atom. The minimum Gasteiger partial charge on any atom is -0.465 e. The number of halogens is 2. The van der Waals surface area contributed by atoms with E-state index in [2.05, 4.69) is 0 Å². The summed E-state index contributed by atoms with van der Waals surface area (Å²) in [7, 11) is 1.20. The fourth-order valence-electron chi connectivity index (χ4n) is 2.78. The molecule has 8 heteroatoms.